The molecule has 0 heteroatoms. The standard InChI is InChI=1S/C45H32/c1-45(2)40-21-11-20-39-42(30-13-4-3-5-14-30)36-18-8-9-19-37(36)43(44(39)40)38-25-24-35(28-41(38)45)33-17-10-16-32(27-33)34-23-22-29-12-6-7-15-31(29)26-34/h3-28H,1-2H3/i3D,4D,5D,13D,14D. The highest BCUT2D eigenvalue weighted by Crippen LogP contribution is 2.54. The smallest absolute Gasteiger partial charge is 0.0622 e. The summed E-state index contributed by atoms with van der Waals surface area (Å²) in [6.45, 7) is 4.52. The van der Waals surface area contributed by atoms with Crippen LogP contribution in [0, 0.1) is 0 Å². The van der Waals surface area contributed by atoms with Crippen LogP contribution in [-0.2, 0) is 5.41 Å². The van der Waals surface area contributed by atoms with Crippen molar-refractivity contribution in [2.24, 2.45) is 0 Å². The zero-order valence-corrected chi connectivity index (χ0v) is 25.1. The van der Waals surface area contributed by atoms with E-state index in [9.17, 15) is 0 Å². The van der Waals surface area contributed by atoms with E-state index in [2.05, 4.69) is 111 Å². The number of rotatable bonds is 3. The van der Waals surface area contributed by atoms with Gasteiger partial charge >= 0.3 is 0 Å². The highest BCUT2D eigenvalue weighted by Gasteiger charge is 2.35. The quantitative estimate of drug-likeness (QED) is 0.183. The monoisotopic (exact) mass is 577 g/mol. The van der Waals surface area contributed by atoms with Gasteiger partial charge in [-0.1, -0.05) is 153 Å². The molecule has 0 aromatic heterocycles. The van der Waals surface area contributed by atoms with Gasteiger partial charge in [0, 0.05) is 5.41 Å². The van der Waals surface area contributed by atoms with Crippen molar-refractivity contribution < 1.29 is 6.85 Å². The maximum atomic E-state index is 8.92. The lowest BCUT2D eigenvalue weighted by Crippen LogP contribution is -2.24. The van der Waals surface area contributed by atoms with Crippen LogP contribution >= 0.6 is 0 Å². The number of hydrogen-bond donors (Lipinski definition) is 0. The molecule has 0 spiro atoms. The molecule has 212 valence electrons. The molecule has 0 N–H and O–H groups in total. The van der Waals surface area contributed by atoms with Gasteiger partial charge in [0.2, 0.25) is 0 Å². The molecule has 0 amide bonds. The summed E-state index contributed by atoms with van der Waals surface area (Å²) in [5, 5.41) is 6.27. The second-order valence-corrected chi connectivity index (χ2v) is 12.6. The first-order valence-electron chi connectivity index (χ1n) is 17.9. The maximum Gasteiger partial charge on any atom is 0.0629 e. The van der Waals surface area contributed by atoms with Crippen molar-refractivity contribution in [1.29, 1.82) is 0 Å². The summed E-state index contributed by atoms with van der Waals surface area (Å²) in [7, 11) is 0. The normalized spacial score (nSPS) is 14.8. The molecule has 0 nitrogen and oxygen atoms in total. The summed E-state index contributed by atoms with van der Waals surface area (Å²) in [5.74, 6) is 0. The van der Waals surface area contributed by atoms with Crippen LogP contribution in [0.2, 0.25) is 0 Å². The van der Waals surface area contributed by atoms with E-state index in [0.29, 0.717) is 5.56 Å². The van der Waals surface area contributed by atoms with Crippen molar-refractivity contribution in [2.45, 2.75) is 19.3 Å². The van der Waals surface area contributed by atoms with E-state index < -0.39 is 0 Å². The Labute approximate surface area is 271 Å². The van der Waals surface area contributed by atoms with E-state index in [-0.39, 0.29) is 41.2 Å². The third-order valence-corrected chi connectivity index (χ3v) is 9.71. The van der Waals surface area contributed by atoms with Gasteiger partial charge in [-0.25, -0.2) is 0 Å². The molecule has 0 aliphatic heterocycles. The van der Waals surface area contributed by atoms with Crippen molar-refractivity contribution in [3.63, 3.8) is 0 Å². The fourth-order valence-electron chi connectivity index (χ4n) is 7.52. The average molecular weight is 578 g/mol. The Hall–Kier alpha value is -5.46. The first-order chi connectivity index (χ1) is 24.1. The first kappa shape index (κ1) is 21.3. The molecule has 0 bridgehead atoms. The largest absolute Gasteiger partial charge is 0.0629 e. The van der Waals surface area contributed by atoms with E-state index in [1.54, 1.807) is 0 Å². The lowest BCUT2D eigenvalue weighted by Gasteiger charge is -2.36. The minimum Gasteiger partial charge on any atom is -0.0622 e. The van der Waals surface area contributed by atoms with Gasteiger partial charge in [-0.3, -0.25) is 0 Å². The Morgan fingerprint density at radius 3 is 1.87 bits per heavy atom. The molecule has 0 heterocycles. The molecule has 9 rings (SSSR count). The molecule has 0 saturated carbocycles. The fourth-order valence-corrected chi connectivity index (χ4v) is 7.52. The number of benzene rings is 8. The highest BCUT2D eigenvalue weighted by molar-refractivity contribution is 6.23. The predicted molar refractivity (Wildman–Crippen MR) is 193 cm³/mol. The minimum atomic E-state index is -0.385. The molecular formula is C45H32. The lowest BCUT2D eigenvalue weighted by atomic mass is 9.66. The molecule has 0 fully saturated rings. The van der Waals surface area contributed by atoms with Gasteiger partial charge in [0.25, 0.3) is 0 Å². The van der Waals surface area contributed by atoms with Gasteiger partial charge in [-0.2, -0.15) is 0 Å². The number of fused-ring (bicyclic) bond motifs is 5. The first-order valence-corrected chi connectivity index (χ1v) is 15.4. The summed E-state index contributed by atoms with van der Waals surface area (Å²) in [6, 6.07) is 43.6. The van der Waals surface area contributed by atoms with Crippen LogP contribution in [0.1, 0.15) is 31.8 Å². The Kier molecular flexibility index (Phi) is 4.62. The van der Waals surface area contributed by atoms with Gasteiger partial charge in [0.15, 0.2) is 0 Å². The van der Waals surface area contributed by atoms with Crippen molar-refractivity contribution >= 4 is 32.3 Å². The molecule has 0 unspecified atom stereocenters. The Morgan fingerprint density at radius 1 is 0.444 bits per heavy atom. The zero-order chi connectivity index (χ0) is 34.5. The van der Waals surface area contributed by atoms with Gasteiger partial charge in [0.05, 0.1) is 6.85 Å². The van der Waals surface area contributed by atoms with Crippen LogP contribution < -0.4 is 0 Å². The fraction of sp³-hybridized carbons (Fsp3) is 0.0667. The Bertz CT molecular complexity index is 2710. The third kappa shape index (κ3) is 3.92. The van der Waals surface area contributed by atoms with Crippen molar-refractivity contribution in [2.75, 3.05) is 0 Å². The highest BCUT2D eigenvalue weighted by atomic mass is 14.4. The molecule has 8 aromatic carbocycles. The lowest BCUT2D eigenvalue weighted by molar-refractivity contribution is 0.646. The molecule has 8 aromatic rings. The minimum absolute atomic E-state index is 0.187. The van der Waals surface area contributed by atoms with Crippen LogP contribution in [0.3, 0.4) is 0 Å². The predicted octanol–water partition coefficient (Wildman–Crippen LogP) is 12.5. The van der Waals surface area contributed by atoms with Crippen LogP contribution in [0.25, 0.3) is 76.8 Å². The summed E-state index contributed by atoms with van der Waals surface area (Å²) >= 11 is 0. The summed E-state index contributed by atoms with van der Waals surface area (Å²) in [4.78, 5) is 0. The van der Waals surface area contributed by atoms with E-state index in [1.807, 2.05) is 30.3 Å². The van der Waals surface area contributed by atoms with Gasteiger partial charge < -0.3 is 0 Å². The molecule has 0 atom stereocenters. The maximum absolute atomic E-state index is 8.92. The van der Waals surface area contributed by atoms with Crippen LogP contribution in [-0.4, -0.2) is 0 Å². The topological polar surface area (TPSA) is 0 Å². The SMILES string of the molecule is [2H]c1c([2H])c([2H])c(-c2c3ccccc3c3c4c(cccc24)C(C)(C)c2cc(-c4cccc(-c5ccc6ccccc6c5)c4)ccc2-3)c([2H])c1[2H]. The van der Waals surface area contributed by atoms with E-state index in [1.165, 1.54) is 27.5 Å². The summed E-state index contributed by atoms with van der Waals surface area (Å²) < 4.78 is 43.0. The average Bonchev–Trinajstić information content (AvgIpc) is 3.15. The molecule has 1 aliphatic rings. The summed E-state index contributed by atoms with van der Waals surface area (Å²) in [5.41, 5.74) is 9.84. The molecular weight excluding hydrogens is 540 g/mol. The molecule has 1 aliphatic carbocycles. The zero-order valence-electron chi connectivity index (χ0n) is 30.1. The second kappa shape index (κ2) is 9.78. The van der Waals surface area contributed by atoms with E-state index in [4.69, 9.17) is 6.85 Å². The third-order valence-electron chi connectivity index (χ3n) is 9.71. The van der Waals surface area contributed by atoms with E-state index >= 15 is 0 Å². The number of hydrogen-bond acceptors (Lipinski definition) is 0. The van der Waals surface area contributed by atoms with Crippen molar-refractivity contribution in [3.05, 3.63) is 169 Å². The van der Waals surface area contributed by atoms with Gasteiger partial charge in [0.1, 0.15) is 0 Å². The van der Waals surface area contributed by atoms with Crippen LogP contribution in [0.15, 0.2) is 158 Å². The summed E-state index contributed by atoms with van der Waals surface area (Å²) in [6.07, 6.45) is 0. The van der Waals surface area contributed by atoms with Crippen LogP contribution in [0.4, 0.5) is 0 Å². The second-order valence-electron chi connectivity index (χ2n) is 12.6. The van der Waals surface area contributed by atoms with Gasteiger partial charge in [-0.15, -0.1) is 0 Å². The van der Waals surface area contributed by atoms with E-state index in [0.717, 1.165) is 49.4 Å². The van der Waals surface area contributed by atoms with Crippen molar-refractivity contribution in [1.82, 2.24) is 0 Å². The molecule has 0 saturated heterocycles. The molecule has 0 radical (unpaired) electrons. The Balaban J connectivity index is 1.28. The van der Waals surface area contributed by atoms with Crippen molar-refractivity contribution in [3.8, 4) is 44.5 Å². The molecule has 45 heavy (non-hydrogen) atoms. The van der Waals surface area contributed by atoms with Gasteiger partial charge in [-0.05, 0) is 106 Å². The Morgan fingerprint density at radius 2 is 1.07 bits per heavy atom. The van der Waals surface area contributed by atoms with Crippen LogP contribution in [0.5, 0.6) is 0 Å².